The van der Waals surface area contributed by atoms with Crippen molar-refractivity contribution in [3.63, 3.8) is 0 Å². The quantitative estimate of drug-likeness (QED) is 0.650. The number of hydrogen-bond donors (Lipinski definition) is 1. The average molecular weight is 269 g/mol. The Labute approximate surface area is 109 Å². The number of rotatable bonds is 5. The summed E-state index contributed by atoms with van der Waals surface area (Å²) in [7, 11) is 1.37. The van der Waals surface area contributed by atoms with E-state index in [-0.39, 0.29) is 11.9 Å². The lowest BCUT2D eigenvalue weighted by molar-refractivity contribution is -0.146. The molecule has 1 fully saturated rings. The van der Waals surface area contributed by atoms with Crippen LogP contribution in [0.2, 0.25) is 0 Å². The SMILES string of the molecule is COC(=O)C1(CNC(=O)c2coc(SC)c2)CC1. The molecule has 6 heteroatoms. The number of methoxy groups -OCH3 is 1. The third-order valence-electron chi connectivity index (χ3n) is 3.10. The van der Waals surface area contributed by atoms with Crippen LogP contribution in [0.25, 0.3) is 0 Å². The zero-order chi connectivity index (χ0) is 13.2. The number of carbonyl (C=O) groups is 2. The first-order valence-corrected chi connectivity index (χ1v) is 6.83. The largest absolute Gasteiger partial charge is 0.469 e. The van der Waals surface area contributed by atoms with Gasteiger partial charge in [-0.2, -0.15) is 0 Å². The molecule has 0 radical (unpaired) electrons. The normalized spacial score (nSPS) is 16.1. The molecule has 1 aromatic rings. The summed E-state index contributed by atoms with van der Waals surface area (Å²) in [6.45, 7) is 0.318. The van der Waals surface area contributed by atoms with Crippen molar-refractivity contribution in [3.05, 3.63) is 17.9 Å². The minimum absolute atomic E-state index is 0.228. The summed E-state index contributed by atoms with van der Waals surface area (Å²) >= 11 is 1.43. The number of nitrogens with one attached hydrogen (secondary N) is 1. The van der Waals surface area contributed by atoms with Crippen LogP contribution < -0.4 is 5.32 Å². The van der Waals surface area contributed by atoms with E-state index in [2.05, 4.69) is 5.32 Å². The van der Waals surface area contributed by atoms with Crippen LogP contribution >= 0.6 is 11.8 Å². The van der Waals surface area contributed by atoms with E-state index in [9.17, 15) is 9.59 Å². The first-order valence-electron chi connectivity index (χ1n) is 5.60. The molecule has 0 bridgehead atoms. The Hall–Kier alpha value is -1.43. The molecule has 98 valence electrons. The van der Waals surface area contributed by atoms with Crippen molar-refractivity contribution in [1.29, 1.82) is 0 Å². The predicted molar refractivity (Wildman–Crippen MR) is 66.5 cm³/mol. The van der Waals surface area contributed by atoms with Crippen LogP contribution in [-0.4, -0.2) is 31.8 Å². The molecule has 2 rings (SSSR count). The highest BCUT2D eigenvalue weighted by Crippen LogP contribution is 2.46. The molecule has 1 aliphatic rings. The van der Waals surface area contributed by atoms with Crippen molar-refractivity contribution in [1.82, 2.24) is 5.32 Å². The molecule has 1 aromatic heterocycles. The van der Waals surface area contributed by atoms with Crippen LogP contribution in [0.1, 0.15) is 23.2 Å². The second-order valence-corrected chi connectivity index (χ2v) is 5.12. The molecule has 0 aromatic carbocycles. The number of esters is 1. The maximum atomic E-state index is 11.8. The molecule has 0 saturated heterocycles. The summed E-state index contributed by atoms with van der Waals surface area (Å²) < 4.78 is 9.89. The zero-order valence-electron chi connectivity index (χ0n) is 10.3. The summed E-state index contributed by atoms with van der Waals surface area (Å²) in [4.78, 5) is 23.3. The number of furan rings is 1. The van der Waals surface area contributed by atoms with Gasteiger partial charge >= 0.3 is 5.97 Å². The van der Waals surface area contributed by atoms with Gasteiger partial charge in [-0.25, -0.2) is 0 Å². The van der Waals surface area contributed by atoms with E-state index in [1.165, 1.54) is 25.1 Å². The van der Waals surface area contributed by atoms with Gasteiger partial charge in [0.15, 0.2) is 5.09 Å². The van der Waals surface area contributed by atoms with Gasteiger partial charge in [-0.3, -0.25) is 9.59 Å². The van der Waals surface area contributed by atoms with E-state index in [0.717, 1.165) is 12.8 Å². The van der Waals surface area contributed by atoms with E-state index in [0.29, 0.717) is 17.2 Å². The van der Waals surface area contributed by atoms with Crippen molar-refractivity contribution >= 4 is 23.6 Å². The van der Waals surface area contributed by atoms with Gasteiger partial charge in [0, 0.05) is 12.6 Å². The maximum absolute atomic E-state index is 11.8. The fraction of sp³-hybridized carbons (Fsp3) is 0.500. The van der Waals surface area contributed by atoms with E-state index < -0.39 is 5.41 Å². The Bertz CT molecular complexity index is 464. The molecule has 1 heterocycles. The van der Waals surface area contributed by atoms with Gasteiger partial charge in [-0.15, -0.1) is 0 Å². The van der Waals surface area contributed by atoms with Gasteiger partial charge in [-0.1, -0.05) is 11.8 Å². The number of carbonyl (C=O) groups excluding carboxylic acids is 2. The molecular weight excluding hydrogens is 254 g/mol. The van der Waals surface area contributed by atoms with Gasteiger partial charge in [0.2, 0.25) is 0 Å². The predicted octanol–water partition coefficient (Wildman–Crippen LogP) is 1.68. The Morgan fingerprint density at radius 2 is 2.28 bits per heavy atom. The van der Waals surface area contributed by atoms with Gasteiger partial charge < -0.3 is 14.5 Å². The summed E-state index contributed by atoms with van der Waals surface area (Å²) in [5.41, 5.74) is -0.0313. The molecule has 18 heavy (non-hydrogen) atoms. The minimum Gasteiger partial charge on any atom is -0.469 e. The maximum Gasteiger partial charge on any atom is 0.313 e. The van der Waals surface area contributed by atoms with Gasteiger partial charge in [-0.05, 0) is 19.1 Å². The smallest absolute Gasteiger partial charge is 0.313 e. The van der Waals surface area contributed by atoms with E-state index in [1.807, 2.05) is 6.26 Å². The van der Waals surface area contributed by atoms with E-state index >= 15 is 0 Å². The molecule has 0 spiro atoms. The molecule has 1 N–H and O–H groups in total. The van der Waals surface area contributed by atoms with Gasteiger partial charge in [0.25, 0.3) is 5.91 Å². The Morgan fingerprint density at radius 1 is 1.56 bits per heavy atom. The van der Waals surface area contributed by atoms with Crippen LogP contribution in [0.15, 0.2) is 21.8 Å². The summed E-state index contributed by atoms with van der Waals surface area (Å²) in [5.74, 6) is -0.478. The van der Waals surface area contributed by atoms with Crippen molar-refractivity contribution in [2.45, 2.75) is 17.9 Å². The molecule has 0 unspecified atom stereocenters. The third kappa shape index (κ3) is 2.53. The summed E-state index contributed by atoms with van der Waals surface area (Å²) in [6, 6.07) is 1.68. The number of ether oxygens (including phenoxy) is 1. The fourth-order valence-corrected chi connectivity index (χ4v) is 2.10. The molecule has 1 aliphatic carbocycles. The highest BCUT2D eigenvalue weighted by molar-refractivity contribution is 7.98. The Balaban J connectivity index is 1.91. The van der Waals surface area contributed by atoms with E-state index in [4.69, 9.17) is 9.15 Å². The highest BCUT2D eigenvalue weighted by atomic mass is 32.2. The third-order valence-corrected chi connectivity index (χ3v) is 3.71. The minimum atomic E-state index is -0.503. The first kappa shape index (κ1) is 13.0. The lowest BCUT2D eigenvalue weighted by atomic mass is 10.1. The second-order valence-electron chi connectivity index (χ2n) is 4.31. The highest BCUT2D eigenvalue weighted by Gasteiger charge is 2.51. The Morgan fingerprint density at radius 3 is 2.78 bits per heavy atom. The van der Waals surface area contributed by atoms with Crippen molar-refractivity contribution in [2.75, 3.05) is 19.9 Å². The van der Waals surface area contributed by atoms with E-state index in [1.54, 1.807) is 6.07 Å². The summed E-state index contributed by atoms with van der Waals surface area (Å²) in [5, 5.41) is 3.43. The van der Waals surface area contributed by atoms with Crippen LogP contribution in [0.4, 0.5) is 0 Å². The number of amides is 1. The molecule has 5 nitrogen and oxygen atoms in total. The van der Waals surface area contributed by atoms with Crippen LogP contribution in [-0.2, 0) is 9.53 Å². The topological polar surface area (TPSA) is 68.5 Å². The number of thioether (sulfide) groups is 1. The summed E-state index contributed by atoms with van der Waals surface area (Å²) in [6.07, 6.45) is 4.82. The second kappa shape index (κ2) is 5.06. The molecule has 0 aliphatic heterocycles. The zero-order valence-corrected chi connectivity index (χ0v) is 11.1. The lowest BCUT2D eigenvalue weighted by Crippen LogP contribution is -2.34. The Kier molecular flexibility index (Phi) is 3.65. The standard InChI is InChI=1S/C12H15NO4S/c1-16-11(15)12(3-4-12)7-13-10(14)8-5-9(18-2)17-6-8/h5-6H,3-4,7H2,1-2H3,(H,13,14). The van der Waals surface area contributed by atoms with Crippen molar-refractivity contribution in [2.24, 2.45) is 5.41 Å². The average Bonchev–Trinajstić information content (AvgIpc) is 3.03. The first-order chi connectivity index (χ1) is 8.61. The van der Waals surface area contributed by atoms with Crippen LogP contribution in [0, 0.1) is 5.41 Å². The van der Waals surface area contributed by atoms with Crippen molar-refractivity contribution < 1.29 is 18.7 Å². The monoisotopic (exact) mass is 269 g/mol. The van der Waals surface area contributed by atoms with Crippen LogP contribution in [0.5, 0.6) is 0 Å². The van der Waals surface area contributed by atoms with Gasteiger partial charge in [0.05, 0.1) is 18.1 Å². The lowest BCUT2D eigenvalue weighted by Gasteiger charge is -2.12. The van der Waals surface area contributed by atoms with Crippen molar-refractivity contribution in [3.8, 4) is 0 Å². The fourth-order valence-electron chi connectivity index (χ4n) is 1.71. The number of hydrogen-bond acceptors (Lipinski definition) is 5. The van der Waals surface area contributed by atoms with Crippen LogP contribution in [0.3, 0.4) is 0 Å². The molecule has 1 amide bonds. The van der Waals surface area contributed by atoms with Gasteiger partial charge in [0.1, 0.15) is 6.26 Å². The molecule has 0 atom stereocenters. The molecular formula is C12H15NO4S. The molecule has 1 saturated carbocycles.